The van der Waals surface area contributed by atoms with Crippen molar-refractivity contribution in [2.45, 2.75) is 38.5 Å². The Kier molecular flexibility index (Phi) is 6.07. The summed E-state index contributed by atoms with van der Waals surface area (Å²) >= 11 is 0. The van der Waals surface area contributed by atoms with Gasteiger partial charge in [0, 0.05) is 39.9 Å². The van der Waals surface area contributed by atoms with Crippen LogP contribution in [0.15, 0.2) is 0 Å². The first kappa shape index (κ1) is 17.2. The molecule has 2 saturated heterocycles. The summed E-state index contributed by atoms with van der Waals surface area (Å²) in [4.78, 5) is 18.3. The Morgan fingerprint density at radius 3 is 1.96 bits per heavy atom. The first-order valence-electron chi connectivity index (χ1n) is 9.09. The number of anilines is 2. The first-order chi connectivity index (χ1) is 11.8. The predicted molar refractivity (Wildman–Crippen MR) is 93.9 cm³/mol. The molecule has 0 N–H and O–H groups in total. The molecular weight excluding hydrogens is 306 g/mol. The van der Waals surface area contributed by atoms with Gasteiger partial charge in [0.1, 0.15) is 0 Å². The molecule has 0 bridgehead atoms. The second-order valence-corrected chi connectivity index (χ2v) is 6.71. The molecule has 0 radical (unpaired) electrons. The summed E-state index contributed by atoms with van der Waals surface area (Å²) in [6.07, 6.45) is 7.20. The van der Waals surface area contributed by atoms with E-state index >= 15 is 0 Å². The Morgan fingerprint density at radius 1 is 0.833 bits per heavy atom. The van der Waals surface area contributed by atoms with Crippen LogP contribution >= 0.6 is 0 Å². The van der Waals surface area contributed by atoms with Crippen molar-refractivity contribution in [2.75, 3.05) is 56.8 Å². The quantitative estimate of drug-likeness (QED) is 0.816. The number of hydrogen-bond acceptors (Lipinski definition) is 7. The van der Waals surface area contributed by atoms with Crippen LogP contribution in [0.3, 0.4) is 0 Å². The van der Waals surface area contributed by atoms with Gasteiger partial charge in [-0.1, -0.05) is 12.8 Å². The van der Waals surface area contributed by atoms with Gasteiger partial charge in [-0.3, -0.25) is 0 Å². The molecule has 0 spiro atoms. The SMILES string of the molecule is COCC1CCN(c2nc(OC)nc(N3CCCCCC3)n2)CC1. The van der Waals surface area contributed by atoms with Gasteiger partial charge in [0.15, 0.2) is 0 Å². The fourth-order valence-electron chi connectivity index (χ4n) is 3.52. The monoisotopic (exact) mass is 335 g/mol. The number of aromatic nitrogens is 3. The number of ether oxygens (including phenoxy) is 2. The van der Waals surface area contributed by atoms with Gasteiger partial charge in [0.05, 0.1) is 7.11 Å². The maximum absolute atomic E-state index is 5.33. The molecule has 1 aromatic heterocycles. The molecule has 7 nitrogen and oxygen atoms in total. The van der Waals surface area contributed by atoms with Crippen molar-refractivity contribution >= 4 is 11.9 Å². The molecule has 3 rings (SSSR count). The molecule has 0 unspecified atom stereocenters. The van der Waals surface area contributed by atoms with Crippen molar-refractivity contribution in [1.29, 1.82) is 0 Å². The van der Waals surface area contributed by atoms with E-state index in [0.717, 1.165) is 57.5 Å². The minimum Gasteiger partial charge on any atom is -0.467 e. The highest BCUT2D eigenvalue weighted by Crippen LogP contribution is 2.24. The summed E-state index contributed by atoms with van der Waals surface area (Å²) in [5.41, 5.74) is 0. The molecule has 134 valence electrons. The summed E-state index contributed by atoms with van der Waals surface area (Å²) in [6, 6.07) is 0.415. The molecule has 0 saturated carbocycles. The highest BCUT2D eigenvalue weighted by Gasteiger charge is 2.23. The zero-order valence-corrected chi connectivity index (χ0v) is 14.9. The standard InChI is InChI=1S/C17H29N5O2/c1-23-13-14-7-11-22(12-8-14)16-18-15(19-17(20-16)24-2)21-9-5-3-4-6-10-21/h14H,3-13H2,1-2H3. The van der Waals surface area contributed by atoms with Gasteiger partial charge in [-0.15, -0.1) is 0 Å². The summed E-state index contributed by atoms with van der Waals surface area (Å²) in [5, 5.41) is 0. The van der Waals surface area contributed by atoms with Gasteiger partial charge in [0.25, 0.3) is 0 Å². The summed E-state index contributed by atoms with van der Waals surface area (Å²) in [6.45, 7) is 4.79. The lowest BCUT2D eigenvalue weighted by Crippen LogP contribution is -2.37. The van der Waals surface area contributed by atoms with Crippen LogP contribution < -0.4 is 14.5 Å². The maximum atomic E-state index is 5.33. The Morgan fingerprint density at radius 2 is 1.42 bits per heavy atom. The van der Waals surface area contributed by atoms with Crippen LogP contribution in [0.4, 0.5) is 11.9 Å². The van der Waals surface area contributed by atoms with Crippen molar-refractivity contribution < 1.29 is 9.47 Å². The van der Waals surface area contributed by atoms with E-state index < -0.39 is 0 Å². The molecule has 3 heterocycles. The van der Waals surface area contributed by atoms with Crippen LogP contribution in [0.25, 0.3) is 0 Å². The van der Waals surface area contributed by atoms with Crippen LogP contribution in [0.5, 0.6) is 6.01 Å². The molecule has 24 heavy (non-hydrogen) atoms. The van der Waals surface area contributed by atoms with Gasteiger partial charge in [-0.05, 0) is 31.6 Å². The largest absolute Gasteiger partial charge is 0.467 e. The molecule has 0 amide bonds. The van der Waals surface area contributed by atoms with Crippen molar-refractivity contribution in [2.24, 2.45) is 5.92 Å². The molecule has 2 aliphatic rings. The number of methoxy groups -OCH3 is 2. The number of rotatable bonds is 5. The van der Waals surface area contributed by atoms with E-state index in [-0.39, 0.29) is 0 Å². The first-order valence-corrected chi connectivity index (χ1v) is 9.09. The fourth-order valence-corrected chi connectivity index (χ4v) is 3.52. The normalized spacial score (nSPS) is 20.1. The van der Waals surface area contributed by atoms with Crippen molar-refractivity contribution in [3.05, 3.63) is 0 Å². The molecule has 0 aromatic carbocycles. The zero-order chi connectivity index (χ0) is 16.8. The third kappa shape index (κ3) is 4.26. The lowest BCUT2D eigenvalue weighted by Gasteiger charge is -2.32. The molecule has 0 atom stereocenters. The van der Waals surface area contributed by atoms with Crippen LogP contribution in [-0.4, -0.2) is 62.0 Å². The number of nitrogens with zero attached hydrogens (tertiary/aromatic N) is 5. The van der Waals surface area contributed by atoms with Crippen molar-refractivity contribution in [3.8, 4) is 6.01 Å². The Hall–Kier alpha value is -1.63. The average Bonchev–Trinajstić information content (AvgIpc) is 2.92. The van der Waals surface area contributed by atoms with E-state index in [9.17, 15) is 0 Å². The summed E-state index contributed by atoms with van der Waals surface area (Å²) in [7, 11) is 3.40. The van der Waals surface area contributed by atoms with Gasteiger partial charge in [-0.25, -0.2) is 0 Å². The smallest absolute Gasteiger partial charge is 0.322 e. The van der Waals surface area contributed by atoms with E-state index in [1.165, 1.54) is 25.7 Å². The van der Waals surface area contributed by atoms with E-state index in [0.29, 0.717) is 11.9 Å². The van der Waals surface area contributed by atoms with Crippen LogP contribution in [0, 0.1) is 5.92 Å². The minimum atomic E-state index is 0.415. The van der Waals surface area contributed by atoms with E-state index in [1.54, 1.807) is 14.2 Å². The molecule has 0 aliphatic carbocycles. The Labute approximate surface area is 144 Å². The van der Waals surface area contributed by atoms with E-state index in [4.69, 9.17) is 14.5 Å². The molecule has 2 aliphatic heterocycles. The van der Waals surface area contributed by atoms with Crippen LogP contribution in [-0.2, 0) is 4.74 Å². The van der Waals surface area contributed by atoms with Gasteiger partial charge >= 0.3 is 6.01 Å². The van der Waals surface area contributed by atoms with Crippen molar-refractivity contribution in [1.82, 2.24) is 15.0 Å². The third-order valence-corrected chi connectivity index (χ3v) is 4.96. The van der Waals surface area contributed by atoms with Crippen molar-refractivity contribution in [3.63, 3.8) is 0 Å². The maximum Gasteiger partial charge on any atom is 0.322 e. The lowest BCUT2D eigenvalue weighted by molar-refractivity contribution is 0.139. The average molecular weight is 335 g/mol. The summed E-state index contributed by atoms with van der Waals surface area (Å²) < 4.78 is 10.6. The van der Waals surface area contributed by atoms with E-state index in [2.05, 4.69) is 19.8 Å². The zero-order valence-electron chi connectivity index (χ0n) is 14.9. The molecule has 7 heteroatoms. The van der Waals surface area contributed by atoms with E-state index in [1.807, 2.05) is 0 Å². The number of piperidine rings is 1. The van der Waals surface area contributed by atoms with Crippen LogP contribution in [0.1, 0.15) is 38.5 Å². The highest BCUT2D eigenvalue weighted by molar-refractivity contribution is 5.40. The topological polar surface area (TPSA) is 63.6 Å². The number of hydrogen-bond donors (Lipinski definition) is 0. The Bertz CT molecular complexity index is 512. The molecule has 1 aromatic rings. The predicted octanol–water partition coefficient (Wildman–Crippen LogP) is 2.12. The minimum absolute atomic E-state index is 0.415. The van der Waals surface area contributed by atoms with Gasteiger partial charge < -0.3 is 19.3 Å². The molecular formula is C17H29N5O2. The Balaban J connectivity index is 1.74. The second kappa shape index (κ2) is 8.46. The second-order valence-electron chi connectivity index (χ2n) is 6.71. The van der Waals surface area contributed by atoms with Gasteiger partial charge in [-0.2, -0.15) is 15.0 Å². The molecule has 2 fully saturated rings. The highest BCUT2D eigenvalue weighted by atomic mass is 16.5. The summed E-state index contributed by atoms with van der Waals surface area (Å²) in [5.74, 6) is 2.15. The third-order valence-electron chi connectivity index (χ3n) is 4.96. The lowest BCUT2D eigenvalue weighted by atomic mass is 9.98. The van der Waals surface area contributed by atoms with Crippen LogP contribution in [0.2, 0.25) is 0 Å². The fraction of sp³-hybridized carbons (Fsp3) is 0.824. The van der Waals surface area contributed by atoms with Gasteiger partial charge in [0.2, 0.25) is 11.9 Å².